The van der Waals surface area contributed by atoms with Gasteiger partial charge in [-0.05, 0) is 116 Å². The minimum Gasteiger partial charge on any atom is -0.494 e. The number of ether oxygens (including phenoxy) is 2. The molecular weight excluding hydrogens is 867 g/mol. The van der Waals surface area contributed by atoms with E-state index >= 15 is 0 Å². The molecule has 6 aromatic rings. The van der Waals surface area contributed by atoms with Crippen molar-refractivity contribution in [1.82, 2.24) is 4.57 Å². The molecule has 67 heavy (non-hydrogen) atoms. The quantitative estimate of drug-likeness (QED) is 0.0257. The summed E-state index contributed by atoms with van der Waals surface area (Å²) in [4.78, 5) is 16.2. The number of fused-ring (bicyclic) bond motifs is 3. The molecule has 0 aliphatic carbocycles. The molecule has 7 nitrogen and oxygen atoms in total. The number of carboxylic acid groups (broad SMARTS) is 1. The minimum absolute atomic E-state index is 0.242. The number of carbonyl (C=O) groups is 1. The minimum atomic E-state index is -1.20. The largest absolute Gasteiger partial charge is 0.494 e. The molecule has 3 heterocycles. The number of nitrogens with zero attached hydrogens (tertiary/aromatic N) is 3. The summed E-state index contributed by atoms with van der Waals surface area (Å²) in [7, 11) is 0. The van der Waals surface area contributed by atoms with Gasteiger partial charge in [-0.15, -0.1) is 22.7 Å². The van der Waals surface area contributed by atoms with Crippen molar-refractivity contribution in [2.75, 3.05) is 18.1 Å². The first kappa shape index (κ1) is 51.4. The maximum Gasteiger partial charge on any atom is 0.346 e. The summed E-state index contributed by atoms with van der Waals surface area (Å²) < 4.78 is 17.2. The van der Waals surface area contributed by atoms with Gasteiger partial charge < -0.3 is 24.0 Å². The lowest BCUT2D eigenvalue weighted by Gasteiger charge is -2.26. The molecule has 3 aromatic carbocycles. The standard InChI is InChI=1S/C58H75N3O4S2/c1-5-9-13-17-18-20-24-44(23-19-14-10-6-2)43-60-53-40-52(39-46(42-59)58(62)63)66-56(53)57-54(60)41-55(67-57)45-25-27-47(28-26-45)61(48-29-33-50(34-30-48)64-37-21-15-11-7-3)49-31-35-51(36-32-49)65-38-22-16-12-8-4/h25-36,39-41,44H,5-24,37-38,43H2,1-4H3,(H,62,63)/b46-39+. The highest BCUT2D eigenvalue weighted by atomic mass is 32.1. The van der Waals surface area contributed by atoms with Crippen molar-refractivity contribution in [3.8, 4) is 28.0 Å². The first-order chi connectivity index (χ1) is 32.9. The lowest BCUT2D eigenvalue weighted by atomic mass is 9.94. The molecule has 0 radical (unpaired) electrons. The zero-order chi connectivity index (χ0) is 47.2. The average Bonchev–Trinajstić information content (AvgIpc) is 4.04. The highest BCUT2D eigenvalue weighted by molar-refractivity contribution is 7.29. The summed E-state index contributed by atoms with van der Waals surface area (Å²) in [6, 6.07) is 32.2. The van der Waals surface area contributed by atoms with E-state index in [4.69, 9.17) is 9.47 Å². The van der Waals surface area contributed by atoms with E-state index in [9.17, 15) is 15.2 Å². The summed E-state index contributed by atoms with van der Waals surface area (Å²) in [5.41, 5.74) is 6.44. The number of aliphatic carboxylic acids is 1. The smallest absolute Gasteiger partial charge is 0.346 e. The molecule has 1 unspecified atom stereocenters. The van der Waals surface area contributed by atoms with E-state index in [1.807, 2.05) is 6.07 Å². The number of benzene rings is 3. The van der Waals surface area contributed by atoms with Gasteiger partial charge in [0, 0.05) is 33.4 Å². The third-order valence-electron chi connectivity index (χ3n) is 12.9. The van der Waals surface area contributed by atoms with E-state index in [1.54, 1.807) is 22.7 Å². The zero-order valence-electron chi connectivity index (χ0n) is 40.8. The van der Waals surface area contributed by atoms with E-state index in [0.717, 1.165) is 81.8 Å². The predicted molar refractivity (Wildman–Crippen MR) is 286 cm³/mol. The van der Waals surface area contributed by atoms with Crippen LogP contribution in [0.2, 0.25) is 0 Å². The van der Waals surface area contributed by atoms with Gasteiger partial charge in [-0.3, -0.25) is 0 Å². The maximum absolute atomic E-state index is 11.9. The number of rotatable bonds is 32. The van der Waals surface area contributed by atoms with Crippen molar-refractivity contribution < 1.29 is 19.4 Å². The van der Waals surface area contributed by atoms with Gasteiger partial charge in [-0.1, -0.05) is 143 Å². The normalized spacial score (nSPS) is 12.2. The second-order valence-electron chi connectivity index (χ2n) is 18.2. The predicted octanol–water partition coefficient (Wildman–Crippen LogP) is 18.3. The van der Waals surface area contributed by atoms with Crippen LogP contribution in [-0.2, 0) is 11.3 Å². The van der Waals surface area contributed by atoms with Crippen LogP contribution >= 0.6 is 22.7 Å². The van der Waals surface area contributed by atoms with Crippen LogP contribution in [0.15, 0.2) is 90.5 Å². The number of nitriles is 1. The number of hydrogen-bond acceptors (Lipinski definition) is 7. The number of anilines is 3. The van der Waals surface area contributed by atoms with Crippen molar-refractivity contribution in [3.63, 3.8) is 0 Å². The summed E-state index contributed by atoms with van der Waals surface area (Å²) in [6.45, 7) is 11.4. The Kier molecular flexibility index (Phi) is 21.2. The summed E-state index contributed by atoms with van der Waals surface area (Å²) in [5.74, 6) is 1.13. The van der Waals surface area contributed by atoms with E-state index < -0.39 is 5.97 Å². The number of carboxylic acids is 1. The van der Waals surface area contributed by atoms with Crippen molar-refractivity contribution in [2.24, 2.45) is 5.92 Å². The Balaban J connectivity index is 1.31. The topological polar surface area (TPSA) is 87.7 Å². The van der Waals surface area contributed by atoms with Crippen molar-refractivity contribution in [2.45, 2.75) is 163 Å². The first-order valence-corrected chi connectivity index (χ1v) is 27.3. The number of unbranched alkanes of at least 4 members (excludes halogenated alkanes) is 14. The van der Waals surface area contributed by atoms with Crippen LogP contribution in [-0.4, -0.2) is 28.9 Å². The summed E-state index contributed by atoms with van der Waals surface area (Å²) in [6.07, 6.45) is 26.1. The molecule has 0 spiro atoms. The summed E-state index contributed by atoms with van der Waals surface area (Å²) in [5, 5.41) is 19.3. The van der Waals surface area contributed by atoms with Crippen LogP contribution in [0.25, 0.3) is 36.9 Å². The van der Waals surface area contributed by atoms with Gasteiger partial charge in [0.2, 0.25) is 0 Å². The van der Waals surface area contributed by atoms with Crippen LogP contribution in [0.1, 0.15) is 161 Å². The van der Waals surface area contributed by atoms with Gasteiger partial charge in [0.1, 0.15) is 23.1 Å². The van der Waals surface area contributed by atoms with Gasteiger partial charge in [-0.2, -0.15) is 5.26 Å². The molecule has 0 fully saturated rings. The highest BCUT2D eigenvalue weighted by Crippen LogP contribution is 2.45. The Morgan fingerprint density at radius 3 is 1.58 bits per heavy atom. The first-order valence-electron chi connectivity index (χ1n) is 25.6. The molecule has 1 N–H and O–H groups in total. The molecule has 358 valence electrons. The van der Waals surface area contributed by atoms with Gasteiger partial charge in [0.25, 0.3) is 0 Å². The lowest BCUT2D eigenvalue weighted by molar-refractivity contribution is -0.132. The van der Waals surface area contributed by atoms with Crippen LogP contribution in [0, 0.1) is 17.2 Å². The monoisotopic (exact) mass is 942 g/mol. The number of thiophene rings is 2. The third kappa shape index (κ3) is 15.0. The van der Waals surface area contributed by atoms with Crippen LogP contribution in [0.5, 0.6) is 11.5 Å². The average molecular weight is 942 g/mol. The third-order valence-corrected chi connectivity index (χ3v) is 15.3. The van der Waals surface area contributed by atoms with Crippen molar-refractivity contribution in [3.05, 3.63) is 95.4 Å². The highest BCUT2D eigenvalue weighted by Gasteiger charge is 2.22. The van der Waals surface area contributed by atoms with Crippen LogP contribution in [0.4, 0.5) is 17.1 Å². The van der Waals surface area contributed by atoms with Crippen LogP contribution in [0.3, 0.4) is 0 Å². The van der Waals surface area contributed by atoms with Gasteiger partial charge >= 0.3 is 5.97 Å². The molecule has 0 saturated heterocycles. The van der Waals surface area contributed by atoms with Crippen molar-refractivity contribution in [1.29, 1.82) is 5.26 Å². The van der Waals surface area contributed by atoms with Gasteiger partial charge in [0.15, 0.2) is 0 Å². The number of hydrogen-bond donors (Lipinski definition) is 1. The number of aromatic nitrogens is 1. The molecule has 3 aromatic heterocycles. The van der Waals surface area contributed by atoms with E-state index in [1.165, 1.54) is 137 Å². The Bertz CT molecular complexity index is 2400. The Morgan fingerprint density at radius 2 is 1.07 bits per heavy atom. The fourth-order valence-corrected chi connectivity index (χ4v) is 11.5. The SMILES string of the molecule is CCCCCCCCC(CCCCCC)Cn1c2cc(/C=C(\C#N)C(=O)O)sc2c2sc(-c3ccc(N(c4ccc(OCCCCCC)cc4)c4ccc(OCCCCCC)cc4)cc3)cc21. The Hall–Kier alpha value is -5.04. The summed E-state index contributed by atoms with van der Waals surface area (Å²) >= 11 is 3.39. The zero-order valence-corrected chi connectivity index (χ0v) is 42.5. The molecule has 0 aliphatic rings. The lowest BCUT2D eigenvalue weighted by Crippen LogP contribution is -2.11. The van der Waals surface area contributed by atoms with E-state index in [2.05, 4.69) is 122 Å². The Labute approximate surface area is 409 Å². The van der Waals surface area contributed by atoms with Gasteiger partial charge in [-0.25, -0.2) is 4.79 Å². The fraction of sp³-hybridized carbons (Fsp3) is 0.483. The Morgan fingerprint density at radius 1 is 0.627 bits per heavy atom. The maximum atomic E-state index is 11.9. The molecular formula is C58H75N3O4S2. The molecule has 1 atom stereocenters. The van der Waals surface area contributed by atoms with E-state index in [-0.39, 0.29) is 5.57 Å². The second kappa shape index (κ2) is 27.7. The fourth-order valence-electron chi connectivity index (χ4n) is 9.03. The molecule has 0 saturated carbocycles. The van der Waals surface area contributed by atoms with Crippen LogP contribution < -0.4 is 14.4 Å². The molecule has 9 heteroatoms. The molecule has 6 rings (SSSR count). The molecule has 0 aliphatic heterocycles. The van der Waals surface area contributed by atoms with Crippen molar-refractivity contribution >= 4 is 72.2 Å². The van der Waals surface area contributed by atoms with Gasteiger partial charge in [0.05, 0.1) is 33.6 Å². The second-order valence-corrected chi connectivity index (χ2v) is 20.4. The molecule has 0 amide bonds. The molecule has 0 bridgehead atoms. The van der Waals surface area contributed by atoms with E-state index in [0.29, 0.717) is 5.92 Å².